The highest BCUT2D eigenvalue weighted by atomic mass is 79.9. The van der Waals surface area contributed by atoms with Crippen molar-refractivity contribution < 1.29 is 17.2 Å². The molecule has 1 aliphatic heterocycles. The average Bonchev–Trinajstić information content (AvgIpc) is 2.98. The zero-order valence-electron chi connectivity index (χ0n) is 12.0. The third-order valence-electron chi connectivity index (χ3n) is 3.94. The predicted octanol–water partition coefficient (Wildman–Crippen LogP) is 4.25. The molecule has 0 aromatic heterocycles. The second kappa shape index (κ2) is 6.30. The van der Waals surface area contributed by atoms with Crippen molar-refractivity contribution in [3.05, 3.63) is 64.1 Å². The normalized spacial score (nSPS) is 19.2. The highest BCUT2D eigenvalue weighted by Gasteiger charge is 2.37. The molecule has 0 N–H and O–H groups in total. The highest BCUT2D eigenvalue weighted by molar-refractivity contribution is 9.10. The van der Waals surface area contributed by atoms with Crippen LogP contribution in [0.15, 0.2) is 51.8 Å². The third-order valence-corrected chi connectivity index (χ3v) is 6.82. The van der Waals surface area contributed by atoms with E-state index in [1.54, 1.807) is 12.1 Å². The van der Waals surface area contributed by atoms with E-state index in [2.05, 4.69) is 15.9 Å². The van der Waals surface area contributed by atoms with Crippen LogP contribution < -0.4 is 0 Å². The Balaban J connectivity index is 1.99. The molecular formula is C16H14BrF2NO2S. The maximum Gasteiger partial charge on any atom is 0.244 e. The van der Waals surface area contributed by atoms with Crippen molar-refractivity contribution in [3.63, 3.8) is 0 Å². The minimum Gasteiger partial charge on any atom is -0.207 e. The first-order chi connectivity index (χ1) is 10.9. The van der Waals surface area contributed by atoms with Gasteiger partial charge in [-0.15, -0.1) is 0 Å². The Bertz CT molecular complexity index is 824. The van der Waals surface area contributed by atoms with Crippen molar-refractivity contribution >= 4 is 26.0 Å². The molecule has 1 unspecified atom stereocenters. The number of sulfonamides is 1. The van der Waals surface area contributed by atoms with Gasteiger partial charge in [-0.05, 0) is 64.7 Å². The molecule has 23 heavy (non-hydrogen) atoms. The highest BCUT2D eigenvalue weighted by Crippen LogP contribution is 2.38. The van der Waals surface area contributed by atoms with E-state index in [4.69, 9.17) is 0 Å². The van der Waals surface area contributed by atoms with E-state index in [1.807, 2.05) is 0 Å². The third kappa shape index (κ3) is 3.18. The topological polar surface area (TPSA) is 37.4 Å². The summed E-state index contributed by atoms with van der Waals surface area (Å²) in [6.45, 7) is 0.383. The molecule has 1 fully saturated rings. The molecule has 1 saturated heterocycles. The smallest absolute Gasteiger partial charge is 0.207 e. The Morgan fingerprint density at radius 2 is 1.70 bits per heavy atom. The van der Waals surface area contributed by atoms with Gasteiger partial charge in [0.25, 0.3) is 0 Å². The van der Waals surface area contributed by atoms with Gasteiger partial charge in [0.15, 0.2) is 0 Å². The number of halogens is 3. The maximum atomic E-state index is 13.2. The lowest BCUT2D eigenvalue weighted by atomic mass is 10.1. The van der Waals surface area contributed by atoms with Gasteiger partial charge >= 0.3 is 0 Å². The first-order valence-electron chi connectivity index (χ1n) is 7.12. The average molecular weight is 402 g/mol. The fourth-order valence-corrected chi connectivity index (χ4v) is 5.55. The zero-order chi connectivity index (χ0) is 16.6. The Labute approximate surface area is 142 Å². The minimum absolute atomic E-state index is 0.0351. The second-order valence-electron chi connectivity index (χ2n) is 5.40. The molecule has 1 heterocycles. The summed E-state index contributed by atoms with van der Waals surface area (Å²) in [6, 6.07) is 9.04. The van der Waals surface area contributed by atoms with Crippen molar-refractivity contribution in [2.24, 2.45) is 0 Å². The van der Waals surface area contributed by atoms with Crippen molar-refractivity contribution in [1.29, 1.82) is 0 Å². The number of hydrogen-bond donors (Lipinski definition) is 0. The van der Waals surface area contributed by atoms with Crippen LogP contribution in [-0.2, 0) is 10.0 Å². The Kier molecular flexibility index (Phi) is 4.53. The fraction of sp³-hybridized carbons (Fsp3) is 0.250. The van der Waals surface area contributed by atoms with Crippen molar-refractivity contribution in [1.82, 2.24) is 4.31 Å². The lowest BCUT2D eigenvalue weighted by molar-refractivity contribution is 0.396. The van der Waals surface area contributed by atoms with E-state index in [9.17, 15) is 17.2 Å². The fourth-order valence-electron chi connectivity index (χ4n) is 2.86. The molecule has 1 aliphatic rings. The Hall–Kier alpha value is -1.31. The summed E-state index contributed by atoms with van der Waals surface area (Å²) in [7, 11) is -3.77. The summed E-state index contributed by atoms with van der Waals surface area (Å²) in [4.78, 5) is 0.0351. The summed E-state index contributed by atoms with van der Waals surface area (Å²) in [6.07, 6.45) is 1.39. The molecule has 0 aliphatic carbocycles. The van der Waals surface area contributed by atoms with Crippen molar-refractivity contribution in [2.75, 3.05) is 6.54 Å². The van der Waals surface area contributed by atoms with Crippen molar-refractivity contribution in [2.45, 2.75) is 23.8 Å². The summed E-state index contributed by atoms with van der Waals surface area (Å²) < 4.78 is 53.7. The van der Waals surface area contributed by atoms with Crippen LogP contribution in [0.4, 0.5) is 8.78 Å². The summed E-state index contributed by atoms with van der Waals surface area (Å²) in [5.41, 5.74) is 0.755. The number of rotatable bonds is 3. The number of benzene rings is 2. The number of nitrogens with zero attached hydrogens (tertiary/aromatic N) is 1. The molecule has 0 spiro atoms. The standard InChI is InChI=1S/C16H14BrF2NO2S/c17-14-10-13(19)7-8-16(14)23(21,22)20-9-1-2-15(20)11-3-5-12(18)6-4-11/h3-8,10,15H,1-2,9H2. The van der Waals surface area contributed by atoms with Gasteiger partial charge < -0.3 is 0 Å². The molecule has 2 aromatic carbocycles. The van der Waals surface area contributed by atoms with Crippen LogP contribution in [0.3, 0.4) is 0 Å². The zero-order valence-corrected chi connectivity index (χ0v) is 14.4. The number of hydrogen-bond acceptors (Lipinski definition) is 2. The molecular weight excluding hydrogens is 388 g/mol. The first-order valence-corrected chi connectivity index (χ1v) is 9.35. The van der Waals surface area contributed by atoms with Crippen LogP contribution in [0.25, 0.3) is 0 Å². The lowest BCUT2D eigenvalue weighted by Gasteiger charge is -2.25. The molecule has 3 nitrogen and oxygen atoms in total. The minimum atomic E-state index is -3.77. The molecule has 1 atom stereocenters. The van der Waals surface area contributed by atoms with Gasteiger partial charge in [0.05, 0.1) is 10.9 Å². The maximum absolute atomic E-state index is 13.2. The molecule has 7 heteroatoms. The van der Waals surface area contributed by atoms with Gasteiger partial charge in [-0.3, -0.25) is 0 Å². The molecule has 122 valence electrons. The molecule has 3 rings (SSSR count). The Morgan fingerprint density at radius 1 is 1.04 bits per heavy atom. The summed E-state index contributed by atoms with van der Waals surface area (Å²) in [5, 5.41) is 0. The van der Waals surface area contributed by atoms with E-state index < -0.39 is 15.8 Å². The van der Waals surface area contributed by atoms with Crippen molar-refractivity contribution in [3.8, 4) is 0 Å². The van der Waals surface area contributed by atoms with Crippen LogP contribution in [0, 0.1) is 11.6 Å². The quantitative estimate of drug-likeness (QED) is 0.770. The molecule has 0 amide bonds. The van der Waals surface area contributed by atoms with Crippen LogP contribution in [0.5, 0.6) is 0 Å². The summed E-state index contributed by atoms with van der Waals surface area (Å²) >= 11 is 3.12. The van der Waals surface area contributed by atoms with E-state index >= 15 is 0 Å². The second-order valence-corrected chi connectivity index (χ2v) is 8.11. The first kappa shape index (κ1) is 16.5. The van der Waals surface area contributed by atoms with Gasteiger partial charge in [0, 0.05) is 11.0 Å². The van der Waals surface area contributed by atoms with Crippen LogP contribution in [0.2, 0.25) is 0 Å². The molecule has 0 radical (unpaired) electrons. The molecule has 2 aromatic rings. The lowest BCUT2D eigenvalue weighted by Crippen LogP contribution is -2.31. The predicted molar refractivity (Wildman–Crippen MR) is 86.4 cm³/mol. The van der Waals surface area contributed by atoms with Crippen LogP contribution in [0.1, 0.15) is 24.4 Å². The van der Waals surface area contributed by atoms with Gasteiger partial charge in [-0.1, -0.05) is 12.1 Å². The van der Waals surface area contributed by atoms with E-state index in [1.165, 1.54) is 22.5 Å². The van der Waals surface area contributed by atoms with Gasteiger partial charge in [0.2, 0.25) is 10.0 Å². The SMILES string of the molecule is O=S(=O)(c1ccc(F)cc1Br)N1CCCC1c1ccc(F)cc1. The van der Waals surface area contributed by atoms with Gasteiger partial charge in [-0.25, -0.2) is 17.2 Å². The van der Waals surface area contributed by atoms with Crippen LogP contribution >= 0.6 is 15.9 Å². The van der Waals surface area contributed by atoms with Gasteiger partial charge in [-0.2, -0.15) is 4.31 Å². The van der Waals surface area contributed by atoms with E-state index in [0.29, 0.717) is 13.0 Å². The van der Waals surface area contributed by atoms with E-state index in [-0.39, 0.29) is 21.2 Å². The molecule has 0 bridgehead atoms. The van der Waals surface area contributed by atoms with E-state index in [0.717, 1.165) is 24.1 Å². The summed E-state index contributed by atoms with van der Waals surface area (Å²) in [5.74, 6) is -0.866. The van der Waals surface area contributed by atoms with Gasteiger partial charge in [0.1, 0.15) is 11.6 Å². The Morgan fingerprint density at radius 3 is 2.35 bits per heavy atom. The van der Waals surface area contributed by atoms with Crippen LogP contribution in [-0.4, -0.2) is 19.3 Å². The largest absolute Gasteiger partial charge is 0.244 e. The monoisotopic (exact) mass is 401 g/mol. The molecule has 0 saturated carbocycles.